The highest BCUT2D eigenvalue weighted by atomic mass is 16.5. The fraction of sp³-hybridized carbons (Fsp3) is 0.0588. The van der Waals surface area contributed by atoms with E-state index < -0.39 is 12.0 Å². The number of benzene rings is 2. The highest BCUT2D eigenvalue weighted by molar-refractivity contribution is 6.09. The van der Waals surface area contributed by atoms with Gasteiger partial charge in [-0.25, -0.2) is 9.59 Å². The zero-order valence-electron chi connectivity index (χ0n) is 11.9. The molecule has 0 heterocycles. The van der Waals surface area contributed by atoms with E-state index in [-0.39, 0.29) is 0 Å². The monoisotopic (exact) mass is 294 g/mol. The van der Waals surface area contributed by atoms with Gasteiger partial charge in [-0.05, 0) is 22.8 Å². The average molecular weight is 294 g/mol. The molecule has 2 aromatic carbocycles. The van der Waals surface area contributed by atoms with Gasteiger partial charge in [0.2, 0.25) is 0 Å². The second kappa shape index (κ2) is 5.37. The molecular weight excluding hydrogens is 280 g/mol. The first-order chi connectivity index (χ1) is 10.6. The van der Waals surface area contributed by atoms with Crippen LogP contribution >= 0.6 is 0 Å². The summed E-state index contributed by atoms with van der Waals surface area (Å²) in [7, 11) is 1.36. The zero-order valence-corrected chi connectivity index (χ0v) is 11.9. The molecule has 5 heteroatoms. The van der Waals surface area contributed by atoms with Crippen molar-refractivity contribution in [2.24, 2.45) is 5.73 Å². The van der Waals surface area contributed by atoms with E-state index in [9.17, 15) is 9.59 Å². The largest absolute Gasteiger partial charge is 0.465 e. The molecular formula is C17H14N2O3. The molecule has 2 amide bonds. The molecule has 0 saturated carbocycles. The van der Waals surface area contributed by atoms with E-state index in [0.29, 0.717) is 5.56 Å². The van der Waals surface area contributed by atoms with E-state index >= 15 is 0 Å². The van der Waals surface area contributed by atoms with Crippen molar-refractivity contribution in [3.8, 4) is 11.1 Å². The first-order valence-electron chi connectivity index (χ1n) is 6.71. The highest BCUT2D eigenvalue weighted by Gasteiger charge is 2.27. The SMILES string of the molecule is COC(=O)c1cccc2c1-c1ccccc1/C2=C/NC(N)=O. The van der Waals surface area contributed by atoms with Gasteiger partial charge in [0.25, 0.3) is 0 Å². The third-order valence-corrected chi connectivity index (χ3v) is 3.61. The van der Waals surface area contributed by atoms with Crippen molar-refractivity contribution in [1.29, 1.82) is 0 Å². The van der Waals surface area contributed by atoms with Crippen molar-refractivity contribution < 1.29 is 14.3 Å². The number of carbonyl (C=O) groups is 2. The number of methoxy groups -OCH3 is 1. The molecule has 2 aromatic rings. The van der Waals surface area contributed by atoms with E-state index in [0.717, 1.165) is 27.8 Å². The third kappa shape index (κ3) is 2.13. The number of ether oxygens (including phenoxy) is 1. The Bertz CT molecular complexity index is 809. The van der Waals surface area contributed by atoms with Gasteiger partial charge in [0.05, 0.1) is 12.7 Å². The highest BCUT2D eigenvalue weighted by Crippen LogP contribution is 2.45. The summed E-state index contributed by atoms with van der Waals surface area (Å²) in [5.74, 6) is -0.393. The van der Waals surface area contributed by atoms with Crippen LogP contribution in [0.4, 0.5) is 4.79 Å². The van der Waals surface area contributed by atoms with Gasteiger partial charge < -0.3 is 15.8 Å². The second-order valence-corrected chi connectivity index (χ2v) is 4.83. The standard InChI is InChI=1S/C17H14N2O3/c1-22-16(20)13-8-4-7-12-14(9-19-17(18)21)10-5-2-3-6-11(10)15(12)13/h2-9H,1H3,(H3,18,19,21)/b14-9-. The van der Waals surface area contributed by atoms with Gasteiger partial charge in [-0.2, -0.15) is 0 Å². The summed E-state index contributed by atoms with van der Waals surface area (Å²) in [6, 6.07) is 12.5. The summed E-state index contributed by atoms with van der Waals surface area (Å²) >= 11 is 0. The fourth-order valence-corrected chi connectivity index (χ4v) is 2.73. The Kier molecular flexibility index (Phi) is 3.39. The minimum absolute atomic E-state index is 0.393. The number of amides is 2. The summed E-state index contributed by atoms with van der Waals surface area (Å²) in [5.41, 5.74) is 9.98. The Labute approximate surface area is 127 Å². The number of nitrogens with two attached hydrogens (primary N) is 1. The van der Waals surface area contributed by atoms with Crippen molar-refractivity contribution in [1.82, 2.24) is 5.32 Å². The predicted molar refractivity (Wildman–Crippen MR) is 83.0 cm³/mol. The maximum Gasteiger partial charge on any atom is 0.338 e. The van der Waals surface area contributed by atoms with Crippen LogP contribution in [0.2, 0.25) is 0 Å². The van der Waals surface area contributed by atoms with Crippen LogP contribution in [0.15, 0.2) is 48.7 Å². The van der Waals surface area contributed by atoms with Crippen LogP contribution in [0.25, 0.3) is 16.7 Å². The van der Waals surface area contributed by atoms with Crippen molar-refractivity contribution in [3.63, 3.8) is 0 Å². The lowest BCUT2D eigenvalue weighted by molar-refractivity contribution is 0.0601. The van der Waals surface area contributed by atoms with Gasteiger partial charge in [0, 0.05) is 17.3 Å². The minimum Gasteiger partial charge on any atom is -0.465 e. The van der Waals surface area contributed by atoms with Crippen LogP contribution in [0.3, 0.4) is 0 Å². The molecule has 0 saturated heterocycles. The van der Waals surface area contributed by atoms with Crippen LogP contribution in [0, 0.1) is 0 Å². The van der Waals surface area contributed by atoms with Crippen molar-refractivity contribution >= 4 is 17.6 Å². The van der Waals surface area contributed by atoms with Crippen LogP contribution in [0.1, 0.15) is 21.5 Å². The molecule has 0 spiro atoms. The normalized spacial score (nSPS) is 13.4. The van der Waals surface area contributed by atoms with Gasteiger partial charge in [-0.3, -0.25) is 0 Å². The molecule has 3 N–H and O–H groups in total. The lowest BCUT2D eigenvalue weighted by Gasteiger charge is -2.07. The molecule has 0 radical (unpaired) electrons. The molecule has 5 nitrogen and oxygen atoms in total. The lowest BCUT2D eigenvalue weighted by atomic mass is 9.99. The summed E-state index contributed by atoms with van der Waals surface area (Å²) in [6.45, 7) is 0. The van der Waals surface area contributed by atoms with Crippen LogP contribution in [-0.2, 0) is 4.74 Å². The molecule has 110 valence electrons. The Morgan fingerprint density at radius 2 is 1.73 bits per heavy atom. The van der Waals surface area contributed by atoms with Crippen molar-refractivity contribution in [2.75, 3.05) is 7.11 Å². The predicted octanol–water partition coefficient (Wildman–Crippen LogP) is 2.51. The first kappa shape index (κ1) is 13.9. The Morgan fingerprint density at radius 1 is 1.05 bits per heavy atom. The summed E-state index contributed by atoms with van der Waals surface area (Å²) in [4.78, 5) is 23.0. The summed E-state index contributed by atoms with van der Waals surface area (Å²) < 4.78 is 4.86. The number of rotatable bonds is 2. The number of esters is 1. The average Bonchev–Trinajstić information content (AvgIpc) is 2.86. The minimum atomic E-state index is -0.637. The number of hydrogen-bond donors (Lipinski definition) is 2. The fourth-order valence-electron chi connectivity index (χ4n) is 2.73. The molecule has 0 aliphatic heterocycles. The van der Waals surface area contributed by atoms with E-state index in [2.05, 4.69) is 5.32 Å². The van der Waals surface area contributed by atoms with Gasteiger partial charge in [0.1, 0.15) is 0 Å². The Morgan fingerprint density at radius 3 is 2.41 bits per heavy atom. The molecule has 0 bridgehead atoms. The molecule has 0 aromatic heterocycles. The summed E-state index contributed by atoms with van der Waals surface area (Å²) in [5, 5.41) is 2.49. The first-order valence-corrected chi connectivity index (χ1v) is 6.71. The molecule has 0 fully saturated rings. The van der Waals surface area contributed by atoms with Gasteiger partial charge in [-0.1, -0.05) is 36.4 Å². The van der Waals surface area contributed by atoms with Crippen LogP contribution < -0.4 is 11.1 Å². The molecule has 1 aliphatic rings. The zero-order chi connectivity index (χ0) is 15.7. The number of carbonyl (C=O) groups excluding carboxylic acids is 2. The topological polar surface area (TPSA) is 81.4 Å². The maximum absolute atomic E-state index is 12.0. The Hall–Kier alpha value is -3.08. The quantitative estimate of drug-likeness (QED) is 0.712. The number of nitrogens with one attached hydrogen (secondary N) is 1. The number of urea groups is 1. The van der Waals surface area contributed by atoms with Gasteiger partial charge >= 0.3 is 12.0 Å². The van der Waals surface area contributed by atoms with Gasteiger partial charge in [0.15, 0.2) is 0 Å². The number of primary amides is 1. The van der Waals surface area contributed by atoms with E-state index in [4.69, 9.17) is 10.5 Å². The summed E-state index contributed by atoms with van der Waals surface area (Å²) in [6.07, 6.45) is 1.56. The second-order valence-electron chi connectivity index (χ2n) is 4.83. The molecule has 22 heavy (non-hydrogen) atoms. The van der Waals surface area contributed by atoms with E-state index in [1.54, 1.807) is 18.3 Å². The third-order valence-electron chi connectivity index (χ3n) is 3.61. The molecule has 0 unspecified atom stereocenters. The number of hydrogen-bond acceptors (Lipinski definition) is 3. The van der Waals surface area contributed by atoms with Crippen LogP contribution in [0.5, 0.6) is 0 Å². The van der Waals surface area contributed by atoms with Crippen molar-refractivity contribution in [2.45, 2.75) is 0 Å². The van der Waals surface area contributed by atoms with Crippen molar-refractivity contribution in [3.05, 3.63) is 65.4 Å². The van der Waals surface area contributed by atoms with E-state index in [1.807, 2.05) is 30.3 Å². The van der Waals surface area contributed by atoms with Crippen LogP contribution in [-0.4, -0.2) is 19.1 Å². The smallest absolute Gasteiger partial charge is 0.338 e. The molecule has 3 rings (SSSR count). The molecule has 0 atom stereocenters. The molecule has 1 aliphatic carbocycles. The van der Waals surface area contributed by atoms with E-state index in [1.165, 1.54) is 7.11 Å². The maximum atomic E-state index is 12.0. The van der Waals surface area contributed by atoms with Gasteiger partial charge in [-0.15, -0.1) is 0 Å². The Balaban J connectivity index is 2.27. The lowest BCUT2D eigenvalue weighted by Crippen LogP contribution is -2.24. The number of fused-ring (bicyclic) bond motifs is 3.